The van der Waals surface area contributed by atoms with Gasteiger partial charge in [0.15, 0.2) is 0 Å². The van der Waals surface area contributed by atoms with Crippen molar-refractivity contribution in [1.82, 2.24) is 40.9 Å². The van der Waals surface area contributed by atoms with Gasteiger partial charge in [-0.2, -0.15) is 0 Å². The topological polar surface area (TPSA) is 269 Å². The van der Waals surface area contributed by atoms with E-state index in [1.54, 1.807) is 128 Å². The van der Waals surface area contributed by atoms with E-state index in [1.807, 2.05) is 48.5 Å². The van der Waals surface area contributed by atoms with Gasteiger partial charge in [-0.3, -0.25) is 57.7 Å². The van der Waals surface area contributed by atoms with E-state index in [-0.39, 0.29) is 185 Å². The van der Waals surface area contributed by atoms with E-state index in [2.05, 4.69) is 131 Å². The summed E-state index contributed by atoms with van der Waals surface area (Å²) in [5.74, 6) is -7.11. The van der Waals surface area contributed by atoms with Gasteiger partial charge in [0.25, 0.3) is 23.6 Å². The van der Waals surface area contributed by atoms with Crippen molar-refractivity contribution in [3.05, 3.63) is 214 Å². The van der Waals surface area contributed by atoms with Gasteiger partial charge in [0.05, 0.1) is 22.3 Å². The molecule has 2 atom stereocenters. The van der Waals surface area contributed by atoms with Crippen LogP contribution >= 0.6 is 0 Å². The van der Waals surface area contributed by atoms with Gasteiger partial charge >= 0.3 is 0 Å². The second-order valence-corrected chi connectivity index (χ2v) is 36.3. The maximum absolute atomic E-state index is 16.8. The van der Waals surface area contributed by atoms with E-state index in [9.17, 15) is 19.2 Å². The molecular weight excluding hydrogens is 1510 g/mol. The number of nitrogens with zero attached hydrogens (tertiary/aromatic N) is 4. The van der Waals surface area contributed by atoms with Crippen LogP contribution in [0.4, 0.5) is 0 Å². The number of benzene rings is 9. The molecule has 120 heavy (non-hydrogen) atoms. The summed E-state index contributed by atoms with van der Waals surface area (Å²) in [5, 5.41) is 12.7. The highest BCUT2D eigenvalue weighted by Crippen LogP contribution is 2.59. The van der Waals surface area contributed by atoms with Crippen LogP contribution in [-0.2, 0) is 50.4 Å². The summed E-state index contributed by atoms with van der Waals surface area (Å²) in [5.41, 5.74) is 3.15. The maximum Gasteiger partial charge on any atom is 0.262 e. The third kappa shape index (κ3) is 18.2. The Balaban J connectivity index is 1.30. The zero-order valence-electron chi connectivity index (χ0n) is 72.8. The van der Waals surface area contributed by atoms with Crippen molar-refractivity contribution < 1.29 is 66.9 Å². The van der Waals surface area contributed by atoms with Crippen LogP contribution in [0.5, 0.6) is 46.0 Å². The molecule has 11 rings (SSSR count). The molecule has 2 heterocycles. The van der Waals surface area contributed by atoms with Crippen molar-refractivity contribution in [2.45, 2.75) is 172 Å². The first kappa shape index (κ1) is 88.4. The highest BCUT2D eigenvalue weighted by molar-refractivity contribution is 6.45. The summed E-state index contributed by atoms with van der Waals surface area (Å²) >= 11 is 0. The molecule has 2 aliphatic rings. The Labute approximate surface area is 703 Å². The van der Waals surface area contributed by atoms with Crippen LogP contribution < -0.4 is 40.2 Å². The lowest BCUT2D eigenvalue weighted by molar-refractivity contribution is -0.137. The summed E-state index contributed by atoms with van der Waals surface area (Å²) < 4.78 is 29.6. The largest absolute Gasteiger partial charge is 0.457 e. The number of carbonyl (C=O) groups is 10. The number of hydrogen-bond acceptors (Lipinski definition) is 14. The van der Waals surface area contributed by atoms with Crippen LogP contribution in [0.2, 0.25) is 0 Å². The average Bonchev–Trinajstić information content (AvgIpc) is 0.669. The normalized spacial score (nSPS) is 13.6. The van der Waals surface area contributed by atoms with E-state index >= 15 is 28.8 Å². The minimum absolute atomic E-state index is 0.0112. The lowest BCUT2D eigenvalue weighted by atomic mass is 9.80. The molecule has 0 saturated carbocycles. The van der Waals surface area contributed by atoms with Gasteiger partial charge in [-0.15, -0.1) is 0 Å². The van der Waals surface area contributed by atoms with Crippen molar-refractivity contribution >= 4 is 102 Å². The Bertz CT molecular complexity index is 5010. The van der Waals surface area contributed by atoms with Crippen molar-refractivity contribution in [2.24, 2.45) is 11.8 Å². The van der Waals surface area contributed by atoms with E-state index < -0.39 is 83.0 Å². The van der Waals surface area contributed by atoms with Crippen LogP contribution in [-0.4, -0.2) is 143 Å². The molecule has 0 bridgehead atoms. The summed E-state index contributed by atoms with van der Waals surface area (Å²) in [7, 11) is 0. The Kier molecular flexibility index (Phi) is 25.4. The minimum atomic E-state index is -1.55. The van der Waals surface area contributed by atoms with Crippen LogP contribution in [0.25, 0.3) is 43.1 Å². The molecule has 10 amide bonds. The van der Waals surface area contributed by atoms with Gasteiger partial charge in [-0.25, -0.2) is 0 Å². The molecule has 0 aliphatic carbocycles. The Morgan fingerprint density at radius 2 is 0.517 bits per heavy atom. The van der Waals surface area contributed by atoms with E-state index in [1.165, 1.54) is 9.80 Å². The number of nitrogens with one attached hydrogen (secondary N) is 4. The quantitative estimate of drug-likeness (QED) is 0.0141. The predicted molar refractivity (Wildman–Crippen MR) is 471 cm³/mol. The Hall–Kier alpha value is -12.5. The van der Waals surface area contributed by atoms with Crippen molar-refractivity contribution in [3.8, 4) is 46.0 Å². The average molecular weight is 1630 g/mol. The summed E-state index contributed by atoms with van der Waals surface area (Å²) in [4.78, 5) is 156. The summed E-state index contributed by atoms with van der Waals surface area (Å²) in [6.45, 7) is 52.3. The zero-order valence-corrected chi connectivity index (χ0v) is 72.8. The van der Waals surface area contributed by atoms with Crippen molar-refractivity contribution in [2.75, 3.05) is 52.4 Å². The number of carbonyl (C=O) groups excluding carboxylic acids is 10. The number of amides is 10. The van der Waals surface area contributed by atoms with E-state index in [4.69, 9.17) is 18.9 Å². The summed E-state index contributed by atoms with van der Waals surface area (Å²) in [6, 6.07) is 33.0. The van der Waals surface area contributed by atoms with Gasteiger partial charge in [0, 0.05) is 118 Å². The smallest absolute Gasteiger partial charge is 0.262 e. The number of fused-ring (bicyclic) bond motifs is 2. The third-order valence-electron chi connectivity index (χ3n) is 21.9. The lowest BCUT2D eigenvalue weighted by Crippen LogP contribution is -2.58. The van der Waals surface area contributed by atoms with Crippen molar-refractivity contribution in [3.63, 3.8) is 0 Å². The van der Waals surface area contributed by atoms with E-state index in [0.29, 0.717) is 23.0 Å². The first-order valence-electron chi connectivity index (χ1n) is 40.8. The molecule has 9 aromatic carbocycles. The molecule has 0 spiro atoms. The molecule has 2 unspecified atom stereocenters. The molecule has 0 aromatic heterocycles. The van der Waals surface area contributed by atoms with Crippen LogP contribution in [0.3, 0.4) is 0 Å². The molecule has 0 radical (unpaired) electrons. The number of hydrogen-bond donors (Lipinski definition) is 4. The minimum Gasteiger partial charge on any atom is -0.457 e. The molecule has 628 valence electrons. The molecule has 4 N–H and O–H groups in total. The second kappa shape index (κ2) is 34.5. The van der Waals surface area contributed by atoms with Gasteiger partial charge in [0.1, 0.15) is 58.1 Å². The van der Waals surface area contributed by atoms with Gasteiger partial charge < -0.3 is 50.0 Å². The number of ether oxygens (including phenoxy) is 4. The molecule has 22 nitrogen and oxygen atoms in total. The second-order valence-electron chi connectivity index (χ2n) is 36.3. The van der Waals surface area contributed by atoms with Gasteiger partial charge in [-0.1, -0.05) is 186 Å². The number of rotatable bonds is 30. The molecule has 9 aromatic rings. The summed E-state index contributed by atoms with van der Waals surface area (Å²) in [6.07, 6.45) is 0. The molecule has 0 saturated heterocycles. The number of imide groups is 2. The lowest BCUT2D eigenvalue weighted by Gasteiger charge is -2.39. The van der Waals surface area contributed by atoms with Crippen molar-refractivity contribution in [1.29, 1.82) is 0 Å². The molecule has 22 heteroatoms. The standard InChI is InChI=1S/C98H112N8O14/c1-53(2)83(93(115)103(45-41-99-85(107)55(5)6)46-42-100-86(108)56(7)8)105-89(111)67-49-71(117-63-33-25-59(26-34-63)95(13,14)15)77-79-73(119-65-37-29-61(30-38-65)97(19,20)21)51-69-76-70(92(114)106(91(69)113)84(54(3)4)94(116)104(47-43-101-87(109)57(9)10)48-44-102-88(110)58(11)12)52-74(120-66-39-31-62(32-40-66)98(22,23)24)80(82(76)79)78-72(50-68(90(105)112)75(67)81(77)78)118-64-35-27-60(28-36-64)96(16,17)18/h25-40,49-54,83-84H,5,7,9,11,41-48H2,1-4,6,8,10,12-24H3,(H,99,107)(H,100,108)(H,101,109)(H,102,110). The molecule has 0 fully saturated rings. The highest BCUT2D eigenvalue weighted by atomic mass is 16.5. The van der Waals surface area contributed by atoms with Crippen LogP contribution in [0.15, 0.2) is 170 Å². The zero-order chi connectivity index (χ0) is 88.0. The van der Waals surface area contributed by atoms with E-state index in [0.717, 1.165) is 32.1 Å². The highest BCUT2D eigenvalue weighted by Gasteiger charge is 2.49. The SMILES string of the molecule is C=C(C)C(=O)NCCN(CCNC(=O)C(=C)C)C(=O)C(C(C)C)N1C(=O)c2cc(Oc3ccc(C(C)(C)C)cc3)c3c4c(Oc5ccc(C(C)(C)C)cc5)cc5c6c(cc(Oc7ccc(C(C)(C)C)cc7)c(c7c(Oc8ccc(C(C)(C)C)cc8)cc(c2c37)C1=O)c64)C(=O)N(C(C(=O)N(CCNC(=O)C(=C)C)CCNC(=O)C(=C)C)C(C)C)C5=O. The molecule has 2 aliphatic heterocycles. The van der Waals surface area contributed by atoms with Gasteiger partial charge in [0.2, 0.25) is 35.4 Å². The fraction of sp³-hybridized carbons (Fsp3) is 0.367. The Morgan fingerprint density at radius 1 is 0.325 bits per heavy atom. The first-order chi connectivity index (χ1) is 56.2. The molecular formula is C98H112N8O14. The monoisotopic (exact) mass is 1620 g/mol. The third-order valence-corrected chi connectivity index (χ3v) is 21.9. The first-order valence-corrected chi connectivity index (χ1v) is 40.8. The predicted octanol–water partition coefficient (Wildman–Crippen LogP) is 17.8. The van der Waals surface area contributed by atoms with Crippen LogP contribution in [0.1, 0.15) is 202 Å². The fourth-order valence-corrected chi connectivity index (χ4v) is 15.2. The fourth-order valence-electron chi connectivity index (χ4n) is 15.2. The Morgan fingerprint density at radius 3 is 0.683 bits per heavy atom. The van der Waals surface area contributed by atoms with Gasteiger partial charge in [-0.05, 0) is 156 Å². The maximum atomic E-state index is 16.8. The van der Waals surface area contributed by atoms with Crippen LogP contribution in [0, 0.1) is 11.8 Å².